The van der Waals surface area contributed by atoms with Gasteiger partial charge in [-0.1, -0.05) is 6.92 Å². The van der Waals surface area contributed by atoms with Gasteiger partial charge < -0.3 is 10.0 Å². The molecule has 2 atom stereocenters. The van der Waals surface area contributed by atoms with Crippen molar-refractivity contribution in [2.75, 3.05) is 11.4 Å². The summed E-state index contributed by atoms with van der Waals surface area (Å²) in [5.74, 6) is -0.365. The molecule has 0 saturated carbocycles. The van der Waals surface area contributed by atoms with E-state index < -0.39 is 6.10 Å². The lowest BCUT2D eigenvalue weighted by molar-refractivity contribution is -0.122. The van der Waals surface area contributed by atoms with Gasteiger partial charge >= 0.3 is 0 Å². The van der Waals surface area contributed by atoms with Gasteiger partial charge in [0.05, 0.1) is 12.6 Å². The molecule has 4 heteroatoms. The average Bonchev–Trinajstić information content (AvgIpc) is 2.25. The molecule has 1 unspecified atom stereocenters. The number of benzene rings is 1. The van der Waals surface area contributed by atoms with Crippen LogP contribution in [0.5, 0.6) is 0 Å². The first-order chi connectivity index (χ1) is 7.58. The third kappa shape index (κ3) is 2.07. The number of nitrogens with zero attached hydrogens (tertiary/aromatic N) is 1. The van der Waals surface area contributed by atoms with E-state index in [1.54, 1.807) is 12.1 Å². The fourth-order valence-electron chi connectivity index (χ4n) is 1.86. The monoisotopic (exact) mass is 223 g/mol. The van der Waals surface area contributed by atoms with E-state index in [1.165, 1.54) is 17.0 Å². The minimum absolute atomic E-state index is 0.0100. The van der Waals surface area contributed by atoms with Crippen LogP contribution >= 0.6 is 0 Å². The van der Waals surface area contributed by atoms with E-state index in [4.69, 9.17) is 0 Å². The maximum Gasteiger partial charge on any atom is 0.227 e. The number of halogens is 1. The molecule has 16 heavy (non-hydrogen) atoms. The van der Waals surface area contributed by atoms with Crippen molar-refractivity contribution in [3.05, 3.63) is 30.1 Å². The lowest BCUT2D eigenvalue weighted by Gasteiger charge is -2.34. The Morgan fingerprint density at radius 3 is 2.62 bits per heavy atom. The lowest BCUT2D eigenvalue weighted by atomic mass is 9.95. The summed E-state index contributed by atoms with van der Waals surface area (Å²) < 4.78 is 12.7. The maximum atomic E-state index is 12.7. The number of hydrogen-bond acceptors (Lipinski definition) is 2. The van der Waals surface area contributed by atoms with Crippen molar-refractivity contribution in [2.24, 2.45) is 5.92 Å². The Kier molecular flexibility index (Phi) is 2.92. The second-order valence-corrected chi connectivity index (χ2v) is 4.23. The Morgan fingerprint density at radius 2 is 2.00 bits per heavy atom. The molecule has 0 aliphatic carbocycles. The number of carbonyl (C=O) groups excluding carboxylic acids is 1. The molecule has 1 fully saturated rings. The van der Waals surface area contributed by atoms with E-state index in [2.05, 4.69) is 0 Å². The van der Waals surface area contributed by atoms with Crippen LogP contribution in [0.1, 0.15) is 13.3 Å². The van der Waals surface area contributed by atoms with E-state index in [0.717, 1.165) is 0 Å². The molecular weight excluding hydrogens is 209 g/mol. The highest BCUT2D eigenvalue weighted by Gasteiger charge is 2.30. The zero-order chi connectivity index (χ0) is 11.7. The number of carbonyl (C=O) groups is 1. The molecule has 86 valence electrons. The van der Waals surface area contributed by atoms with Crippen LogP contribution in [-0.4, -0.2) is 23.7 Å². The third-order valence-corrected chi connectivity index (χ3v) is 2.96. The molecule has 0 aromatic heterocycles. The van der Waals surface area contributed by atoms with E-state index >= 15 is 0 Å². The SMILES string of the molecule is CC1CC(=O)N(c2ccc(F)cc2)C[C@H]1O. The van der Waals surface area contributed by atoms with Crippen LogP contribution in [0.15, 0.2) is 24.3 Å². The van der Waals surface area contributed by atoms with Crippen molar-refractivity contribution in [1.29, 1.82) is 0 Å². The summed E-state index contributed by atoms with van der Waals surface area (Å²) >= 11 is 0. The molecular formula is C12H14FNO2. The minimum Gasteiger partial charge on any atom is -0.391 e. The van der Waals surface area contributed by atoms with Crippen LogP contribution in [0, 0.1) is 11.7 Å². The van der Waals surface area contributed by atoms with E-state index in [1.807, 2.05) is 6.92 Å². The smallest absolute Gasteiger partial charge is 0.227 e. The highest BCUT2D eigenvalue weighted by molar-refractivity contribution is 5.94. The normalized spacial score (nSPS) is 25.9. The highest BCUT2D eigenvalue weighted by atomic mass is 19.1. The number of β-amino-alcohol motifs (C(OH)–C–C–N with tert-alkyl or cyclic N) is 1. The van der Waals surface area contributed by atoms with E-state index in [-0.39, 0.29) is 24.2 Å². The van der Waals surface area contributed by atoms with Crippen LogP contribution in [0.3, 0.4) is 0 Å². The van der Waals surface area contributed by atoms with Gasteiger partial charge in [0.2, 0.25) is 5.91 Å². The number of piperidine rings is 1. The summed E-state index contributed by atoms with van der Waals surface area (Å²) in [6, 6.07) is 5.73. The summed E-state index contributed by atoms with van der Waals surface area (Å²) in [5, 5.41) is 9.71. The fourth-order valence-corrected chi connectivity index (χ4v) is 1.86. The van der Waals surface area contributed by atoms with E-state index in [0.29, 0.717) is 12.1 Å². The van der Waals surface area contributed by atoms with Crippen LogP contribution in [0.4, 0.5) is 10.1 Å². The van der Waals surface area contributed by atoms with Crippen LogP contribution < -0.4 is 4.90 Å². The molecule has 0 bridgehead atoms. The fraction of sp³-hybridized carbons (Fsp3) is 0.417. The summed E-state index contributed by atoms with van der Waals surface area (Å²) in [6.07, 6.45) is -0.179. The highest BCUT2D eigenvalue weighted by Crippen LogP contribution is 2.24. The molecule has 1 aliphatic rings. The predicted molar refractivity (Wildman–Crippen MR) is 58.5 cm³/mol. The van der Waals surface area contributed by atoms with Crippen molar-refractivity contribution in [1.82, 2.24) is 0 Å². The van der Waals surface area contributed by atoms with Gasteiger partial charge in [0.25, 0.3) is 0 Å². The Balaban J connectivity index is 2.20. The van der Waals surface area contributed by atoms with Gasteiger partial charge in [0, 0.05) is 12.1 Å². The van der Waals surface area contributed by atoms with Crippen molar-refractivity contribution in [3.8, 4) is 0 Å². The van der Waals surface area contributed by atoms with Crippen molar-refractivity contribution < 1.29 is 14.3 Å². The number of hydrogen-bond donors (Lipinski definition) is 1. The number of anilines is 1. The van der Waals surface area contributed by atoms with Crippen LogP contribution in [-0.2, 0) is 4.79 Å². The van der Waals surface area contributed by atoms with Crippen LogP contribution in [0.2, 0.25) is 0 Å². The van der Waals surface area contributed by atoms with Gasteiger partial charge in [0.15, 0.2) is 0 Å². The molecule has 2 rings (SSSR count). The molecule has 1 aliphatic heterocycles. The Labute approximate surface area is 93.5 Å². The van der Waals surface area contributed by atoms with Crippen molar-refractivity contribution >= 4 is 11.6 Å². The number of rotatable bonds is 1. The Bertz CT molecular complexity index is 391. The van der Waals surface area contributed by atoms with Crippen molar-refractivity contribution in [2.45, 2.75) is 19.4 Å². The molecule has 1 amide bonds. The zero-order valence-electron chi connectivity index (χ0n) is 9.06. The van der Waals surface area contributed by atoms with Gasteiger partial charge in [-0.2, -0.15) is 0 Å². The summed E-state index contributed by atoms with van der Waals surface area (Å²) in [7, 11) is 0. The molecule has 0 spiro atoms. The number of aliphatic hydroxyl groups excluding tert-OH is 1. The molecule has 1 N–H and O–H groups in total. The molecule has 0 radical (unpaired) electrons. The first kappa shape index (κ1) is 11.1. The Morgan fingerprint density at radius 1 is 1.38 bits per heavy atom. The van der Waals surface area contributed by atoms with E-state index in [9.17, 15) is 14.3 Å². The molecule has 1 aromatic carbocycles. The number of amides is 1. The molecule has 1 saturated heterocycles. The average molecular weight is 223 g/mol. The largest absolute Gasteiger partial charge is 0.391 e. The summed E-state index contributed by atoms with van der Waals surface area (Å²) in [5.41, 5.74) is 0.636. The second-order valence-electron chi connectivity index (χ2n) is 4.23. The zero-order valence-corrected chi connectivity index (χ0v) is 9.06. The van der Waals surface area contributed by atoms with Crippen molar-refractivity contribution in [3.63, 3.8) is 0 Å². The quantitative estimate of drug-likeness (QED) is 0.784. The van der Waals surface area contributed by atoms with Crippen LogP contribution in [0.25, 0.3) is 0 Å². The summed E-state index contributed by atoms with van der Waals surface area (Å²) in [6.45, 7) is 2.14. The topological polar surface area (TPSA) is 40.5 Å². The standard InChI is InChI=1S/C12H14FNO2/c1-8-6-12(16)14(7-11(8)15)10-4-2-9(13)3-5-10/h2-5,8,11,15H,6-7H2,1H3/t8?,11-/m1/s1. The molecule has 1 aromatic rings. The predicted octanol–water partition coefficient (Wildman–Crippen LogP) is 1.56. The molecule has 3 nitrogen and oxygen atoms in total. The van der Waals surface area contributed by atoms with Gasteiger partial charge in [-0.05, 0) is 30.2 Å². The molecule has 1 heterocycles. The first-order valence-corrected chi connectivity index (χ1v) is 5.32. The first-order valence-electron chi connectivity index (χ1n) is 5.32. The minimum atomic E-state index is -0.511. The third-order valence-electron chi connectivity index (χ3n) is 2.96. The van der Waals surface area contributed by atoms with Gasteiger partial charge in [-0.25, -0.2) is 4.39 Å². The van der Waals surface area contributed by atoms with Gasteiger partial charge in [0.1, 0.15) is 5.82 Å². The summed E-state index contributed by atoms with van der Waals surface area (Å²) in [4.78, 5) is 13.3. The number of aliphatic hydroxyl groups is 1. The lowest BCUT2D eigenvalue weighted by Crippen LogP contribution is -2.46. The second kappa shape index (κ2) is 4.22. The Hall–Kier alpha value is -1.42. The van der Waals surface area contributed by atoms with Gasteiger partial charge in [-0.15, -0.1) is 0 Å². The maximum absolute atomic E-state index is 12.7. The van der Waals surface area contributed by atoms with Gasteiger partial charge in [-0.3, -0.25) is 4.79 Å².